The molecule has 0 spiro atoms. The highest BCUT2D eigenvalue weighted by atomic mass is 32.1. The third kappa shape index (κ3) is 1.89. The molecule has 2 aromatic rings. The molecule has 1 aromatic carbocycles. The van der Waals surface area contributed by atoms with E-state index in [-0.39, 0.29) is 5.69 Å². The normalized spacial score (nSPS) is 10.2. The van der Waals surface area contributed by atoms with E-state index >= 15 is 0 Å². The van der Waals surface area contributed by atoms with Gasteiger partial charge in [0.15, 0.2) is 5.69 Å². The lowest BCUT2D eigenvalue weighted by Crippen LogP contribution is -1.95. The second-order valence-corrected chi connectivity index (χ2v) is 4.02. The van der Waals surface area contributed by atoms with E-state index in [0.29, 0.717) is 0 Å². The quantitative estimate of drug-likeness (QED) is 0.844. The van der Waals surface area contributed by atoms with Crippen molar-refractivity contribution in [2.75, 3.05) is 0 Å². The third-order valence-electron chi connectivity index (χ3n) is 2.10. The van der Waals surface area contributed by atoms with Gasteiger partial charge in [0, 0.05) is 10.9 Å². The van der Waals surface area contributed by atoms with Crippen molar-refractivity contribution < 1.29 is 9.90 Å². The summed E-state index contributed by atoms with van der Waals surface area (Å²) in [6.45, 7) is 1.98. The molecule has 0 amide bonds. The van der Waals surface area contributed by atoms with Crippen LogP contribution < -0.4 is 0 Å². The zero-order chi connectivity index (χ0) is 10.8. The van der Waals surface area contributed by atoms with Crippen molar-refractivity contribution in [3.63, 3.8) is 0 Å². The standard InChI is InChI=1S/C11H9NO2S/c1-7-4-2-3-5-8(7)10-12-9(6-15-10)11(13)14/h2-6H,1H3,(H,13,14). The maximum absolute atomic E-state index is 10.7. The van der Waals surface area contributed by atoms with Crippen LogP contribution in [0.1, 0.15) is 16.1 Å². The minimum atomic E-state index is -0.980. The van der Waals surface area contributed by atoms with Crippen LogP contribution in [0.15, 0.2) is 29.6 Å². The van der Waals surface area contributed by atoms with Crippen molar-refractivity contribution >= 4 is 17.3 Å². The monoisotopic (exact) mass is 219 g/mol. The number of aromatic carboxylic acids is 1. The molecule has 4 heteroatoms. The number of nitrogens with zero attached hydrogens (tertiary/aromatic N) is 1. The molecule has 0 saturated heterocycles. The SMILES string of the molecule is Cc1ccccc1-c1nc(C(=O)O)cs1. The minimum absolute atomic E-state index is 0.109. The van der Waals surface area contributed by atoms with Crippen molar-refractivity contribution in [2.24, 2.45) is 0 Å². The maximum atomic E-state index is 10.7. The molecule has 0 unspecified atom stereocenters. The predicted molar refractivity (Wildman–Crippen MR) is 59.2 cm³/mol. The molecule has 3 nitrogen and oxygen atoms in total. The van der Waals surface area contributed by atoms with Gasteiger partial charge in [0.05, 0.1) is 0 Å². The van der Waals surface area contributed by atoms with Crippen molar-refractivity contribution in [2.45, 2.75) is 6.92 Å². The number of thiazole rings is 1. The Kier molecular flexibility index (Phi) is 2.51. The Hall–Kier alpha value is -1.68. The van der Waals surface area contributed by atoms with E-state index in [4.69, 9.17) is 5.11 Å². The average Bonchev–Trinajstić information content (AvgIpc) is 2.67. The number of benzene rings is 1. The fourth-order valence-electron chi connectivity index (χ4n) is 1.31. The lowest BCUT2D eigenvalue weighted by atomic mass is 10.1. The Labute approximate surface area is 91.0 Å². The van der Waals surface area contributed by atoms with Gasteiger partial charge in [-0.05, 0) is 12.5 Å². The molecule has 1 N–H and O–H groups in total. The largest absolute Gasteiger partial charge is 0.476 e. The lowest BCUT2D eigenvalue weighted by Gasteiger charge is -1.99. The first kappa shape index (κ1) is 9.86. The Morgan fingerprint density at radius 1 is 1.40 bits per heavy atom. The molecule has 2 rings (SSSR count). The molecular weight excluding hydrogens is 210 g/mol. The van der Waals surface area contributed by atoms with Crippen LogP contribution in [0.25, 0.3) is 10.6 Å². The summed E-state index contributed by atoms with van der Waals surface area (Å²) in [6.07, 6.45) is 0. The minimum Gasteiger partial charge on any atom is -0.476 e. The molecule has 0 fully saturated rings. The van der Waals surface area contributed by atoms with E-state index in [9.17, 15) is 4.79 Å². The maximum Gasteiger partial charge on any atom is 0.355 e. The van der Waals surface area contributed by atoms with Crippen molar-refractivity contribution in [1.29, 1.82) is 0 Å². The number of hydrogen-bond acceptors (Lipinski definition) is 3. The van der Waals surface area contributed by atoms with Crippen LogP contribution in [-0.2, 0) is 0 Å². The summed E-state index contributed by atoms with van der Waals surface area (Å²) in [4.78, 5) is 14.7. The molecule has 0 bridgehead atoms. The number of carbonyl (C=O) groups is 1. The molecular formula is C11H9NO2S. The molecule has 0 saturated carbocycles. The van der Waals surface area contributed by atoms with Crippen LogP contribution in [0.3, 0.4) is 0 Å². The van der Waals surface area contributed by atoms with Crippen LogP contribution in [-0.4, -0.2) is 16.1 Å². The smallest absolute Gasteiger partial charge is 0.355 e. The van der Waals surface area contributed by atoms with Crippen molar-refractivity contribution in [3.05, 3.63) is 40.9 Å². The van der Waals surface area contributed by atoms with Crippen LogP contribution in [0.4, 0.5) is 0 Å². The summed E-state index contributed by atoms with van der Waals surface area (Å²) >= 11 is 1.35. The van der Waals surface area contributed by atoms with Gasteiger partial charge in [-0.25, -0.2) is 9.78 Å². The van der Waals surface area contributed by atoms with Crippen LogP contribution in [0.2, 0.25) is 0 Å². The van der Waals surface area contributed by atoms with Crippen molar-refractivity contribution in [3.8, 4) is 10.6 Å². The molecule has 0 radical (unpaired) electrons. The zero-order valence-corrected chi connectivity index (χ0v) is 8.91. The molecule has 1 heterocycles. The second-order valence-electron chi connectivity index (χ2n) is 3.16. The molecule has 0 aliphatic carbocycles. The molecule has 0 aliphatic heterocycles. The fraction of sp³-hybridized carbons (Fsp3) is 0.0909. The molecule has 0 atom stereocenters. The number of hydrogen-bond donors (Lipinski definition) is 1. The highest BCUT2D eigenvalue weighted by Crippen LogP contribution is 2.26. The first-order valence-electron chi connectivity index (χ1n) is 4.43. The van der Waals surface area contributed by atoms with Gasteiger partial charge in [-0.1, -0.05) is 24.3 Å². The predicted octanol–water partition coefficient (Wildman–Crippen LogP) is 2.82. The molecule has 1 aromatic heterocycles. The van der Waals surface area contributed by atoms with Gasteiger partial charge >= 0.3 is 5.97 Å². The number of carboxylic acids is 1. The Bertz CT molecular complexity index is 505. The molecule has 76 valence electrons. The van der Waals surface area contributed by atoms with Gasteiger partial charge in [-0.15, -0.1) is 11.3 Å². The molecule has 0 aliphatic rings. The first-order valence-corrected chi connectivity index (χ1v) is 5.31. The average molecular weight is 219 g/mol. The van der Waals surface area contributed by atoms with E-state index in [0.717, 1.165) is 16.1 Å². The summed E-state index contributed by atoms with van der Waals surface area (Å²) in [7, 11) is 0. The number of carboxylic acid groups (broad SMARTS) is 1. The van der Waals surface area contributed by atoms with Gasteiger partial charge in [-0.2, -0.15) is 0 Å². The van der Waals surface area contributed by atoms with Gasteiger partial charge in [0.1, 0.15) is 5.01 Å². The number of rotatable bonds is 2. The van der Waals surface area contributed by atoms with E-state index < -0.39 is 5.97 Å². The zero-order valence-electron chi connectivity index (χ0n) is 8.10. The summed E-state index contributed by atoms with van der Waals surface area (Å²) in [5.74, 6) is -0.980. The Morgan fingerprint density at radius 2 is 2.13 bits per heavy atom. The van der Waals surface area contributed by atoms with E-state index in [2.05, 4.69) is 4.98 Å². The van der Waals surface area contributed by atoms with Crippen LogP contribution >= 0.6 is 11.3 Å². The number of aromatic nitrogens is 1. The number of aryl methyl sites for hydroxylation is 1. The van der Waals surface area contributed by atoms with Crippen molar-refractivity contribution in [1.82, 2.24) is 4.98 Å². The van der Waals surface area contributed by atoms with E-state index in [1.54, 1.807) is 5.38 Å². The van der Waals surface area contributed by atoms with Gasteiger partial charge in [0.25, 0.3) is 0 Å². The van der Waals surface area contributed by atoms with E-state index in [1.807, 2.05) is 31.2 Å². The van der Waals surface area contributed by atoms with Crippen LogP contribution in [0, 0.1) is 6.92 Å². The highest BCUT2D eigenvalue weighted by molar-refractivity contribution is 7.13. The Balaban J connectivity index is 2.46. The van der Waals surface area contributed by atoms with E-state index in [1.165, 1.54) is 11.3 Å². The second kappa shape index (κ2) is 3.82. The summed E-state index contributed by atoms with van der Waals surface area (Å²) < 4.78 is 0. The van der Waals surface area contributed by atoms with Gasteiger partial charge < -0.3 is 5.11 Å². The Morgan fingerprint density at radius 3 is 2.73 bits per heavy atom. The third-order valence-corrected chi connectivity index (χ3v) is 2.97. The van der Waals surface area contributed by atoms with Crippen LogP contribution in [0.5, 0.6) is 0 Å². The topological polar surface area (TPSA) is 50.2 Å². The summed E-state index contributed by atoms with van der Waals surface area (Å²) in [6, 6.07) is 7.80. The summed E-state index contributed by atoms with van der Waals surface area (Å²) in [5, 5.41) is 11.1. The fourth-order valence-corrected chi connectivity index (χ4v) is 2.19. The lowest BCUT2D eigenvalue weighted by molar-refractivity contribution is 0.0691. The van der Waals surface area contributed by atoms with Gasteiger partial charge in [0.2, 0.25) is 0 Å². The summed E-state index contributed by atoms with van der Waals surface area (Å²) in [5.41, 5.74) is 2.21. The van der Waals surface area contributed by atoms with Gasteiger partial charge in [-0.3, -0.25) is 0 Å². The highest BCUT2D eigenvalue weighted by Gasteiger charge is 2.10. The first-order chi connectivity index (χ1) is 7.18. The molecule has 15 heavy (non-hydrogen) atoms.